The van der Waals surface area contributed by atoms with E-state index < -0.39 is 0 Å². The summed E-state index contributed by atoms with van der Waals surface area (Å²) in [6.45, 7) is 13.3. The lowest BCUT2D eigenvalue weighted by Crippen LogP contribution is -2.51. The molecule has 0 amide bonds. The molecule has 0 bridgehead atoms. The molecular formula is C15H30N2O. The van der Waals surface area contributed by atoms with E-state index in [1.54, 1.807) is 0 Å². The fourth-order valence-electron chi connectivity index (χ4n) is 3.36. The van der Waals surface area contributed by atoms with Gasteiger partial charge in [0.1, 0.15) is 0 Å². The summed E-state index contributed by atoms with van der Waals surface area (Å²) in [6.07, 6.45) is 5.54. The summed E-state index contributed by atoms with van der Waals surface area (Å²) in [5.74, 6) is 0. The first-order chi connectivity index (χ1) is 8.49. The molecule has 0 aromatic rings. The number of nitrogens with zero attached hydrogens (tertiary/aromatic N) is 1. The Balaban J connectivity index is 1.76. The molecule has 1 spiro atoms. The molecule has 2 saturated heterocycles. The molecule has 2 aliphatic heterocycles. The highest BCUT2D eigenvalue weighted by atomic mass is 16.5. The fraction of sp³-hybridized carbons (Fsp3) is 1.00. The van der Waals surface area contributed by atoms with E-state index in [-0.39, 0.29) is 5.60 Å². The molecule has 0 aromatic carbocycles. The molecule has 0 aliphatic carbocycles. The Bertz CT molecular complexity index is 248. The summed E-state index contributed by atoms with van der Waals surface area (Å²) in [5, 5.41) is 3.59. The third kappa shape index (κ3) is 4.22. The van der Waals surface area contributed by atoms with Crippen LogP contribution in [0.5, 0.6) is 0 Å². The van der Waals surface area contributed by atoms with E-state index in [9.17, 15) is 0 Å². The van der Waals surface area contributed by atoms with E-state index in [0.29, 0.717) is 5.41 Å². The summed E-state index contributed by atoms with van der Waals surface area (Å²) >= 11 is 0. The van der Waals surface area contributed by atoms with Crippen LogP contribution >= 0.6 is 0 Å². The van der Waals surface area contributed by atoms with Gasteiger partial charge in [0.15, 0.2) is 0 Å². The van der Waals surface area contributed by atoms with Gasteiger partial charge >= 0.3 is 0 Å². The Morgan fingerprint density at radius 2 is 2.00 bits per heavy atom. The lowest BCUT2D eigenvalue weighted by atomic mass is 9.74. The number of ether oxygens (including phenoxy) is 1. The topological polar surface area (TPSA) is 24.5 Å². The molecule has 2 rings (SSSR count). The Kier molecular flexibility index (Phi) is 4.68. The number of nitrogens with one attached hydrogen (secondary N) is 1. The van der Waals surface area contributed by atoms with Gasteiger partial charge in [-0.3, -0.25) is 0 Å². The van der Waals surface area contributed by atoms with E-state index in [2.05, 4.69) is 31.0 Å². The van der Waals surface area contributed by atoms with Crippen molar-refractivity contribution in [1.29, 1.82) is 0 Å². The molecular weight excluding hydrogens is 224 g/mol. The Morgan fingerprint density at radius 1 is 1.22 bits per heavy atom. The number of hydrogen-bond donors (Lipinski definition) is 1. The second kappa shape index (κ2) is 5.89. The number of hydrogen-bond acceptors (Lipinski definition) is 3. The van der Waals surface area contributed by atoms with Gasteiger partial charge in [-0.1, -0.05) is 0 Å². The molecule has 2 heterocycles. The minimum Gasteiger partial charge on any atom is -0.375 e. The molecule has 3 heteroatoms. The van der Waals surface area contributed by atoms with Crippen LogP contribution in [0.1, 0.15) is 46.5 Å². The normalized spacial score (nSPS) is 30.8. The first-order valence-electron chi connectivity index (χ1n) is 7.56. The van der Waals surface area contributed by atoms with Crippen LogP contribution in [0, 0.1) is 5.41 Å². The average molecular weight is 254 g/mol. The summed E-state index contributed by atoms with van der Waals surface area (Å²) < 4.78 is 5.85. The largest absolute Gasteiger partial charge is 0.375 e. The Hall–Kier alpha value is -0.120. The highest BCUT2D eigenvalue weighted by Gasteiger charge is 2.36. The molecule has 1 atom stereocenters. The first-order valence-corrected chi connectivity index (χ1v) is 7.56. The van der Waals surface area contributed by atoms with Crippen LogP contribution < -0.4 is 5.32 Å². The van der Waals surface area contributed by atoms with Crippen molar-refractivity contribution in [3.63, 3.8) is 0 Å². The van der Waals surface area contributed by atoms with Crippen molar-refractivity contribution < 1.29 is 4.74 Å². The SMILES string of the molecule is CC(C)(C)OCCN1CCCC2(CCCNC2)C1. The van der Waals surface area contributed by atoms with E-state index in [0.717, 1.165) is 13.2 Å². The summed E-state index contributed by atoms with van der Waals surface area (Å²) in [7, 11) is 0. The quantitative estimate of drug-likeness (QED) is 0.836. The molecule has 1 unspecified atom stereocenters. The maximum Gasteiger partial charge on any atom is 0.0600 e. The van der Waals surface area contributed by atoms with Crippen molar-refractivity contribution in [2.75, 3.05) is 39.3 Å². The van der Waals surface area contributed by atoms with Crippen LogP contribution in [-0.2, 0) is 4.74 Å². The lowest BCUT2D eigenvalue weighted by Gasteiger charge is -2.45. The second-order valence-electron chi connectivity index (χ2n) is 7.12. The van der Waals surface area contributed by atoms with Gasteiger partial charge in [0.25, 0.3) is 0 Å². The number of likely N-dealkylation sites (tertiary alicyclic amines) is 1. The third-order valence-electron chi connectivity index (χ3n) is 4.24. The molecule has 0 radical (unpaired) electrons. The minimum absolute atomic E-state index is 0.000131. The predicted molar refractivity (Wildman–Crippen MR) is 75.9 cm³/mol. The standard InChI is InChI=1S/C15H30N2O/c1-14(2,3)18-11-10-17-9-5-7-15(13-17)6-4-8-16-12-15/h16H,4-13H2,1-3H3. The molecule has 2 fully saturated rings. The van der Waals surface area contributed by atoms with Crippen molar-refractivity contribution in [3.05, 3.63) is 0 Å². The molecule has 0 saturated carbocycles. The van der Waals surface area contributed by atoms with E-state index in [1.807, 2.05) is 0 Å². The van der Waals surface area contributed by atoms with Crippen LogP contribution in [0.4, 0.5) is 0 Å². The van der Waals surface area contributed by atoms with Crippen molar-refractivity contribution in [2.45, 2.75) is 52.1 Å². The van der Waals surface area contributed by atoms with Crippen molar-refractivity contribution in [1.82, 2.24) is 10.2 Å². The van der Waals surface area contributed by atoms with Gasteiger partial charge in [-0.2, -0.15) is 0 Å². The molecule has 2 aliphatic rings. The lowest BCUT2D eigenvalue weighted by molar-refractivity contribution is -0.0253. The van der Waals surface area contributed by atoms with Gasteiger partial charge in [-0.15, -0.1) is 0 Å². The highest BCUT2D eigenvalue weighted by Crippen LogP contribution is 2.35. The maximum atomic E-state index is 5.85. The van der Waals surface area contributed by atoms with Crippen LogP contribution in [-0.4, -0.2) is 49.8 Å². The molecule has 1 N–H and O–H groups in total. The van der Waals surface area contributed by atoms with Gasteiger partial charge in [-0.25, -0.2) is 0 Å². The zero-order valence-corrected chi connectivity index (χ0v) is 12.4. The van der Waals surface area contributed by atoms with Crippen LogP contribution in [0.15, 0.2) is 0 Å². The molecule has 0 aromatic heterocycles. The predicted octanol–water partition coefficient (Wildman–Crippen LogP) is 2.27. The highest BCUT2D eigenvalue weighted by molar-refractivity contribution is 4.91. The van der Waals surface area contributed by atoms with Gasteiger partial charge in [-0.05, 0) is 65.0 Å². The monoisotopic (exact) mass is 254 g/mol. The average Bonchev–Trinajstić information content (AvgIpc) is 2.28. The Morgan fingerprint density at radius 3 is 2.67 bits per heavy atom. The van der Waals surface area contributed by atoms with Crippen molar-refractivity contribution >= 4 is 0 Å². The van der Waals surface area contributed by atoms with E-state index >= 15 is 0 Å². The van der Waals surface area contributed by atoms with Crippen LogP contribution in [0.2, 0.25) is 0 Å². The van der Waals surface area contributed by atoms with Crippen molar-refractivity contribution in [2.24, 2.45) is 5.41 Å². The van der Waals surface area contributed by atoms with E-state index in [1.165, 1.54) is 51.9 Å². The number of piperidine rings is 2. The molecule has 106 valence electrons. The zero-order chi connectivity index (χ0) is 13.1. The molecule has 3 nitrogen and oxygen atoms in total. The van der Waals surface area contributed by atoms with Gasteiger partial charge in [0, 0.05) is 19.6 Å². The number of rotatable bonds is 3. The van der Waals surface area contributed by atoms with Gasteiger partial charge in [0.2, 0.25) is 0 Å². The van der Waals surface area contributed by atoms with E-state index in [4.69, 9.17) is 4.74 Å². The summed E-state index contributed by atoms with van der Waals surface area (Å²) in [6, 6.07) is 0. The summed E-state index contributed by atoms with van der Waals surface area (Å²) in [4.78, 5) is 2.61. The molecule has 18 heavy (non-hydrogen) atoms. The minimum atomic E-state index is -0.000131. The van der Waals surface area contributed by atoms with Crippen LogP contribution in [0.3, 0.4) is 0 Å². The fourth-order valence-corrected chi connectivity index (χ4v) is 3.36. The summed E-state index contributed by atoms with van der Waals surface area (Å²) in [5.41, 5.74) is 0.568. The Labute approximate surface area is 112 Å². The van der Waals surface area contributed by atoms with Gasteiger partial charge in [0.05, 0.1) is 12.2 Å². The smallest absolute Gasteiger partial charge is 0.0600 e. The maximum absolute atomic E-state index is 5.85. The zero-order valence-electron chi connectivity index (χ0n) is 12.4. The first kappa shape index (κ1) is 14.3. The van der Waals surface area contributed by atoms with Gasteiger partial charge < -0.3 is 15.0 Å². The van der Waals surface area contributed by atoms with Crippen LogP contribution in [0.25, 0.3) is 0 Å². The second-order valence-corrected chi connectivity index (χ2v) is 7.12. The van der Waals surface area contributed by atoms with Crippen molar-refractivity contribution in [3.8, 4) is 0 Å². The third-order valence-corrected chi connectivity index (χ3v) is 4.24.